The molecular formula is C24H23NO2. The molecule has 1 aliphatic heterocycles. The van der Waals surface area contributed by atoms with Gasteiger partial charge in [-0.15, -0.1) is 0 Å². The fourth-order valence-corrected chi connectivity index (χ4v) is 3.63. The standard InChI is InChI=1S/C24H23NO2/c26-24-21(15-16-27-24)17-20-13-7-8-14-22(20)25-23(18-9-3-1-4-10-18)19-11-5-2-6-12-19/h1-14,21,23,25H,15-17H2. The summed E-state index contributed by atoms with van der Waals surface area (Å²) in [6, 6.07) is 29.2. The summed E-state index contributed by atoms with van der Waals surface area (Å²) in [4.78, 5) is 11.9. The minimum atomic E-state index is -0.0764. The maximum Gasteiger partial charge on any atom is 0.309 e. The van der Waals surface area contributed by atoms with Crippen LogP contribution >= 0.6 is 0 Å². The normalized spacial score (nSPS) is 16.3. The van der Waals surface area contributed by atoms with E-state index < -0.39 is 0 Å². The van der Waals surface area contributed by atoms with Crippen molar-refractivity contribution in [3.8, 4) is 0 Å². The first-order valence-electron chi connectivity index (χ1n) is 9.42. The smallest absolute Gasteiger partial charge is 0.309 e. The number of ether oxygens (including phenoxy) is 1. The summed E-state index contributed by atoms with van der Waals surface area (Å²) in [7, 11) is 0. The third kappa shape index (κ3) is 4.03. The van der Waals surface area contributed by atoms with Gasteiger partial charge in [-0.25, -0.2) is 0 Å². The molecule has 0 aromatic heterocycles. The van der Waals surface area contributed by atoms with Crippen LogP contribution in [0.1, 0.15) is 29.2 Å². The quantitative estimate of drug-likeness (QED) is 0.631. The first-order valence-corrected chi connectivity index (χ1v) is 9.42. The number of anilines is 1. The molecule has 1 N–H and O–H groups in total. The highest BCUT2D eigenvalue weighted by Crippen LogP contribution is 2.30. The molecular weight excluding hydrogens is 334 g/mol. The Balaban J connectivity index is 1.65. The minimum Gasteiger partial charge on any atom is -0.465 e. The van der Waals surface area contributed by atoms with Gasteiger partial charge < -0.3 is 10.1 Å². The van der Waals surface area contributed by atoms with Crippen LogP contribution in [0.5, 0.6) is 0 Å². The van der Waals surface area contributed by atoms with Crippen LogP contribution < -0.4 is 5.32 Å². The average Bonchev–Trinajstić information content (AvgIpc) is 3.13. The van der Waals surface area contributed by atoms with Gasteiger partial charge in [-0.3, -0.25) is 4.79 Å². The van der Waals surface area contributed by atoms with E-state index in [0.29, 0.717) is 13.0 Å². The number of carbonyl (C=O) groups is 1. The molecule has 0 aliphatic carbocycles. The predicted molar refractivity (Wildman–Crippen MR) is 108 cm³/mol. The number of nitrogens with one attached hydrogen (secondary N) is 1. The van der Waals surface area contributed by atoms with Crippen LogP contribution in [-0.4, -0.2) is 12.6 Å². The summed E-state index contributed by atoms with van der Waals surface area (Å²) in [5, 5.41) is 3.72. The fraction of sp³-hybridized carbons (Fsp3) is 0.208. The van der Waals surface area contributed by atoms with Gasteiger partial charge in [0.2, 0.25) is 0 Å². The molecule has 136 valence electrons. The third-order valence-electron chi connectivity index (χ3n) is 5.09. The highest BCUT2D eigenvalue weighted by Gasteiger charge is 2.27. The molecule has 3 heteroatoms. The van der Waals surface area contributed by atoms with Gasteiger partial charge in [0.25, 0.3) is 0 Å². The summed E-state index contributed by atoms with van der Waals surface area (Å²) < 4.78 is 5.14. The van der Waals surface area contributed by atoms with Gasteiger partial charge in [0.1, 0.15) is 0 Å². The highest BCUT2D eigenvalue weighted by molar-refractivity contribution is 5.75. The minimum absolute atomic E-state index is 0.0418. The van der Waals surface area contributed by atoms with Crippen molar-refractivity contribution in [3.05, 3.63) is 102 Å². The molecule has 1 saturated heterocycles. The van der Waals surface area contributed by atoms with Gasteiger partial charge in [0.15, 0.2) is 0 Å². The zero-order valence-electron chi connectivity index (χ0n) is 15.2. The molecule has 1 unspecified atom stereocenters. The Morgan fingerprint density at radius 2 is 1.44 bits per heavy atom. The van der Waals surface area contributed by atoms with E-state index in [0.717, 1.165) is 17.7 Å². The lowest BCUT2D eigenvalue weighted by molar-refractivity contribution is -0.141. The van der Waals surface area contributed by atoms with E-state index in [2.05, 4.69) is 66.0 Å². The molecule has 0 radical (unpaired) electrons. The lowest BCUT2D eigenvalue weighted by Gasteiger charge is -2.23. The van der Waals surface area contributed by atoms with E-state index in [-0.39, 0.29) is 17.9 Å². The number of cyclic esters (lactones) is 1. The Hall–Kier alpha value is -3.07. The van der Waals surface area contributed by atoms with E-state index in [4.69, 9.17) is 4.74 Å². The van der Waals surface area contributed by atoms with Crippen molar-refractivity contribution in [2.45, 2.75) is 18.9 Å². The lowest BCUT2D eigenvalue weighted by Crippen LogP contribution is -2.16. The zero-order valence-corrected chi connectivity index (χ0v) is 15.2. The number of para-hydroxylation sites is 1. The molecule has 3 aromatic rings. The van der Waals surface area contributed by atoms with Gasteiger partial charge in [0, 0.05) is 5.69 Å². The Labute approximate surface area is 160 Å². The second-order valence-corrected chi connectivity index (χ2v) is 6.91. The van der Waals surface area contributed by atoms with Crippen LogP contribution in [0.3, 0.4) is 0 Å². The second-order valence-electron chi connectivity index (χ2n) is 6.91. The number of hydrogen-bond donors (Lipinski definition) is 1. The summed E-state index contributed by atoms with van der Waals surface area (Å²) in [6.07, 6.45) is 1.51. The molecule has 4 rings (SSSR count). The SMILES string of the molecule is O=C1OCCC1Cc1ccccc1NC(c1ccccc1)c1ccccc1. The largest absolute Gasteiger partial charge is 0.465 e. The van der Waals surface area contributed by atoms with Crippen molar-refractivity contribution in [1.82, 2.24) is 0 Å². The Morgan fingerprint density at radius 3 is 2.04 bits per heavy atom. The molecule has 1 aliphatic rings. The van der Waals surface area contributed by atoms with Crippen molar-refractivity contribution in [1.29, 1.82) is 0 Å². The van der Waals surface area contributed by atoms with E-state index in [1.807, 2.05) is 24.3 Å². The molecule has 3 nitrogen and oxygen atoms in total. The molecule has 0 spiro atoms. The van der Waals surface area contributed by atoms with E-state index >= 15 is 0 Å². The van der Waals surface area contributed by atoms with Gasteiger partial charge in [-0.05, 0) is 35.6 Å². The molecule has 3 aromatic carbocycles. The average molecular weight is 357 g/mol. The Bertz CT molecular complexity index is 853. The third-order valence-corrected chi connectivity index (χ3v) is 5.09. The van der Waals surface area contributed by atoms with Crippen LogP contribution in [0.25, 0.3) is 0 Å². The van der Waals surface area contributed by atoms with E-state index in [1.165, 1.54) is 11.1 Å². The Kier molecular flexibility index (Phi) is 5.20. The first-order chi connectivity index (χ1) is 13.3. The van der Waals surface area contributed by atoms with Gasteiger partial charge >= 0.3 is 5.97 Å². The number of rotatable bonds is 6. The van der Waals surface area contributed by atoms with Crippen LogP contribution in [0, 0.1) is 5.92 Å². The summed E-state index contributed by atoms with van der Waals surface area (Å²) in [5.74, 6) is -0.118. The maximum absolute atomic E-state index is 11.9. The van der Waals surface area contributed by atoms with Crippen LogP contribution in [0.4, 0.5) is 5.69 Å². The maximum atomic E-state index is 11.9. The number of benzene rings is 3. The molecule has 1 heterocycles. The van der Waals surface area contributed by atoms with Crippen molar-refractivity contribution in [2.24, 2.45) is 5.92 Å². The number of esters is 1. The number of carbonyl (C=O) groups excluding carboxylic acids is 1. The van der Waals surface area contributed by atoms with Crippen molar-refractivity contribution >= 4 is 11.7 Å². The molecule has 27 heavy (non-hydrogen) atoms. The van der Waals surface area contributed by atoms with Crippen molar-refractivity contribution < 1.29 is 9.53 Å². The van der Waals surface area contributed by atoms with Crippen LogP contribution in [-0.2, 0) is 16.0 Å². The van der Waals surface area contributed by atoms with E-state index in [1.54, 1.807) is 0 Å². The first kappa shape index (κ1) is 17.3. The Morgan fingerprint density at radius 1 is 0.852 bits per heavy atom. The highest BCUT2D eigenvalue weighted by atomic mass is 16.5. The van der Waals surface area contributed by atoms with Gasteiger partial charge in [0.05, 0.1) is 18.6 Å². The van der Waals surface area contributed by atoms with Gasteiger partial charge in [-0.1, -0.05) is 78.9 Å². The molecule has 0 bridgehead atoms. The van der Waals surface area contributed by atoms with Crippen molar-refractivity contribution in [2.75, 3.05) is 11.9 Å². The molecule has 0 saturated carbocycles. The fourth-order valence-electron chi connectivity index (χ4n) is 3.63. The second kappa shape index (κ2) is 8.09. The van der Waals surface area contributed by atoms with Crippen LogP contribution in [0.15, 0.2) is 84.9 Å². The lowest BCUT2D eigenvalue weighted by atomic mass is 9.95. The molecule has 1 fully saturated rings. The van der Waals surface area contributed by atoms with E-state index in [9.17, 15) is 4.79 Å². The summed E-state index contributed by atoms with van der Waals surface area (Å²) >= 11 is 0. The monoisotopic (exact) mass is 357 g/mol. The predicted octanol–water partition coefficient (Wildman–Crippen LogP) is 4.99. The number of hydrogen-bond acceptors (Lipinski definition) is 3. The van der Waals surface area contributed by atoms with Crippen LogP contribution in [0.2, 0.25) is 0 Å². The summed E-state index contributed by atoms with van der Waals surface area (Å²) in [5.41, 5.74) is 4.63. The van der Waals surface area contributed by atoms with Crippen molar-refractivity contribution in [3.63, 3.8) is 0 Å². The summed E-state index contributed by atoms with van der Waals surface area (Å²) in [6.45, 7) is 0.537. The van der Waals surface area contributed by atoms with Gasteiger partial charge in [-0.2, -0.15) is 0 Å². The molecule has 0 amide bonds. The topological polar surface area (TPSA) is 38.3 Å². The molecule has 1 atom stereocenters. The zero-order chi connectivity index (χ0) is 18.5.